The van der Waals surface area contributed by atoms with Crippen molar-refractivity contribution in [1.29, 1.82) is 0 Å². The van der Waals surface area contributed by atoms with Crippen molar-refractivity contribution in [1.82, 2.24) is 20.0 Å². The molecule has 7 nitrogen and oxygen atoms in total. The molecule has 1 fully saturated rings. The van der Waals surface area contributed by atoms with Gasteiger partial charge in [0.2, 0.25) is 0 Å². The van der Waals surface area contributed by atoms with Crippen LogP contribution in [0.15, 0.2) is 0 Å². The van der Waals surface area contributed by atoms with Crippen LogP contribution in [0.2, 0.25) is 0 Å². The van der Waals surface area contributed by atoms with E-state index in [0.29, 0.717) is 32.7 Å². The quantitative estimate of drug-likeness (QED) is 0.674. The lowest BCUT2D eigenvalue weighted by molar-refractivity contribution is -0.138. The van der Waals surface area contributed by atoms with E-state index < -0.39 is 5.97 Å². The summed E-state index contributed by atoms with van der Waals surface area (Å²) < 4.78 is 0. The molecule has 1 rings (SSSR count). The van der Waals surface area contributed by atoms with Crippen molar-refractivity contribution in [2.75, 3.05) is 58.9 Å². The average Bonchev–Trinajstić information content (AvgIpc) is 2.43. The van der Waals surface area contributed by atoms with Crippen LogP contribution in [-0.2, 0) is 4.79 Å². The second kappa shape index (κ2) is 8.76. The summed E-state index contributed by atoms with van der Waals surface area (Å²) in [7, 11) is 0. The smallest absolute Gasteiger partial charge is 0.317 e. The number of carboxylic acids is 1. The fourth-order valence-corrected chi connectivity index (χ4v) is 2.27. The van der Waals surface area contributed by atoms with E-state index in [0.717, 1.165) is 19.6 Å². The van der Waals surface area contributed by atoms with Gasteiger partial charge in [0.1, 0.15) is 0 Å². The molecule has 0 bridgehead atoms. The van der Waals surface area contributed by atoms with Crippen LogP contribution in [0.5, 0.6) is 0 Å². The van der Waals surface area contributed by atoms with Crippen molar-refractivity contribution < 1.29 is 14.7 Å². The van der Waals surface area contributed by atoms with E-state index in [1.807, 2.05) is 4.90 Å². The van der Waals surface area contributed by atoms with E-state index >= 15 is 0 Å². The summed E-state index contributed by atoms with van der Waals surface area (Å²) in [4.78, 5) is 28.4. The number of hydrogen-bond donors (Lipinski definition) is 2. The second-order valence-electron chi connectivity index (χ2n) is 4.92. The number of hydrogen-bond acceptors (Lipinski definition) is 4. The first-order valence-corrected chi connectivity index (χ1v) is 7.26. The molecular formula is C13H26N4O3. The number of likely N-dealkylation sites (N-methyl/N-ethyl adjacent to an activating group) is 1. The molecule has 0 unspecified atom stereocenters. The van der Waals surface area contributed by atoms with Gasteiger partial charge in [-0.3, -0.25) is 9.69 Å². The van der Waals surface area contributed by atoms with E-state index in [1.54, 1.807) is 4.90 Å². The fraction of sp³-hybridized carbons (Fsp3) is 0.846. The second-order valence-corrected chi connectivity index (χ2v) is 4.92. The Morgan fingerprint density at radius 3 is 2.25 bits per heavy atom. The Labute approximate surface area is 120 Å². The Morgan fingerprint density at radius 1 is 1.15 bits per heavy atom. The molecule has 0 aromatic heterocycles. The summed E-state index contributed by atoms with van der Waals surface area (Å²) in [6.07, 6.45) is 0. The number of carboxylic acid groups (broad SMARTS) is 1. The SMILES string of the molecule is CCN(CC)CCNC(=O)N1CCN(CC(=O)O)CC1. The molecule has 0 aliphatic carbocycles. The van der Waals surface area contributed by atoms with E-state index in [4.69, 9.17) is 5.11 Å². The van der Waals surface area contributed by atoms with Crippen molar-refractivity contribution >= 4 is 12.0 Å². The minimum atomic E-state index is -0.817. The first-order valence-electron chi connectivity index (χ1n) is 7.26. The van der Waals surface area contributed by atoms with Crippen LogP contribution in [0.25, 0.3) is 0 Å². The molecule has 20 heavy (non-hydrogen) atoms. The maximum atomic E-state index is 11.9. The number of carbonyl (C=O) groups is 2. The third-order valence-electron chi connectivity index (χ3n) is 3.62. The first kappa shape index (κ1) is 16.7. The third kappa shape index (κ3) is 5.75. The normalized spacial score (nSPS) is 16.4. The lowest BCUT2D eigenvalue weighted by Crippen LogP contribution is -2.53. The maximum absolute atomic E-state index is 11.9. The van der Waals surface area contributed by atoms with Gasteiger partial charge in [-0.1, -0.05) is 13.8 Å². The number of aliphatic carboxylic acids is 1. The van der Waals surface area contributed by atoms with Gasteiger partial charge in [-0.15, -0.1) is 0 Å². The summed E-state index contributed by atoms with van der Waals surface area (Å²) >= 11 is 0. The van der Waals surface area contributed by atoms with Crippen LogP contribution in [0.1, 0.15) is 13.8 Å². The molecule has 0 aromatic rings. The number of urea groups is 1. The highest BCUT2D eigenvalue weighted by Gasteiger charge is 2.21. The molecular weight excluding hydrogens is 260 g/mol. The Balaban J connectivity index is 2.20. The molecule has 1 aliphatic rings. The van der Waals surface area contributed by atoms with Gasteiger partial charge in [0, 0.05) is 39.3 Å². The summed E-state index contributed by atoms with van der Waals surface area (Å²) in [5.41, 5.74) is 0. The predicted octanol–water partition coefficient (Wildman–Crippen LogP) is -0.260. The molecule has 1 aliphatic heterocycles. The van der Waals surface area contributed by atoms with Gasteiger partial charge in [0.05, 0.1) is 6.54 Å². The first-order chi connectivity index (χ1) is 9.56. The van der Waals surface area contributed by atoms with Gasteiger partial charge in [-0.2, -0.15) is 0 Å². The standard InChI is InChI=1S/C13H26N4O3/c1-3-15(4-2)6-5-14-13(20)17-9-7-16(8-10-17)11-12(18)19/h3-11H2,1-2H3,(H,14,20)(H,18,19). The monoisotopic (exact) mass is 286 g/mol. The Morgan fingerprint density at radius 2 is 1.75 bits per heavy atom. The largest absolute Gasteiger partial charge is 0.480 e. The lowest BCUT2D eigenvalue weighted by atomic mass is 10.3. The summed E-state index contributed by atoms with van der Waals surface area (Å²) in [6.45, 7) is 10.2. The third-order valence-corrected chi connectivity index (χ3v) is 3.62. The van der Waals surface area contributed by atoms with Crippen molar-refractivity contribution in [3.8, 4) is 0 Å². The van der Waals surface area contributed by atoms with Gasteiger partial charge in [-0.05, 0) is 13.1 Å². The zero-order valence-electron chi connectivity index (χ0n) is 12.5. The molecule has 1 heterocycles. The van der Waals surface area contributed by atoms with Crippen LogP contribution >= 0.6 is 0 Å². The number of nitrogens with zero attached hydrogens (tertiary/aromatic N) is 3. The Hall–Kier alpha value is -1.34. The number of amides is 2. The molecule has 0 radical (unpaired) electrons. The van der Waals surface area contributed by atoms with E-state index in [1.165, 1.54) is 0 Å². The number of nitrogens with one attached hydrogen (secondary N) is 1. The molecule has 0 spiro atoms. The number of piperazine rings is 1. The van der Waals surface area contributed by atoms with Gasteiger partial charge < -0.3 is 20.2 Å². The van der Waals surface area contributed by atoms with Crippen molar-refractivity contribution in [3.63, 3.8) is 0 Å². The van der Waals surface area contributed by atoms with E-state index in [9.17, 15) is 9.59 Å². The molecule has 116 valence electrons. The van der Waals surface area contributed by atoms with Crippen molar-refractivity contribution in [3.05, 3.63) is 0 Å². The molecule has 0 saturated carbocycles. The highest BCUT2D eigenvalue weighted by atomic mass is 16.4. The van der Waals surface area contributed by atoms with Gasteiger partial charge in [0.25, 0.3) is 0 Å². The van der Waals surface area contributed by atoms with Crippen molar-refractivity contribution in [2.24, 2.45) is 0 Å². The molecule has 7 heteroatoms. The zero-order chi connectivity index (χ0) is 15.0. The topological polar surface area (TPSA) is 76.1 Å². The highest BCUT2D eigenvalue weighted by molar-refractivity contribution is 5.74. The zero-order valence-corrected chi connectivity index (χ0v) is 12.5. The minimum absolute atomic E-state index is 0.0490. The van der Waals surface area contributed by atoms with E-state index in [2.05, 4.69) is 24.1 Å². The molecule has 2 N–H and O–H groups in total. The Kier molecular flexibility index (Phi) is 7.32. The maximum Gasteiger partial charge on any atom is 0.317 e. The van der Waals surface area contributed by atoms with Crippen LogP contribution in [0, 0.1) is 0 Å². The number of rotatable bonds is 7. The van der Waals surface area contributed by atoms with Crippen LogP contribution in [0.3, 0.4) is 0 Å². The summed E-state index contributed by atoms with van der Waals surface area (Å²) in [5.74, 6) is -0.817. The molecule has 0 atom stereocenters. The highest BCUT2D eigenvalue weighted by Crippen LogP contribution is 2.01. The van der Waals surface area contributed by atoms with Crippen LogP contribution in [-0.4, -0.2) is 90.7 Å². The fourth-order valence-electron chi connectivity index (χ4n) is 2.27. The average molecular weight is 286 g/mol. The van der Waals surface area contributed by atoms with Gasteiger partial charge in [0.15, 0.2) is 0 Å². The summed E-state index contributed by atoms with van der Waals surface area (Å²) in [5, 5.41) is 11.6. The van der Waals surface area contributed by atoms with Gasteiger partial charge in [-0.25, -0.2) is 4.79 Å². The Bertz CT molecular complexity index is 313. The van der Waals surface area contributed by atoms with Crippen LogP contribution < -0.4 is 5.32 Å². The molecule has 0 aromatic carbocycles. The van der Waals surface area contributed by atoms with Crippen molar-refractivity contribution in [2.45, 2.75) is 13.8 Å². The molecule has 1 saturated heterocycles. The van der Waals surface area contributed by atoms with E-state index in [-0.39, 0.29) is 12.6 Å². The number of carbonyl (C=O) groups excluding carboxylic acids is 1. The minimum Gasteiger partial charge on any atom is -0.480 e. The predicted molar refractivity (Wildman–Crippen MR) is 76.8 cm³/mol. The van der Waals surface area contributed by atoms with Gasteiger partial charge >= 0.3 is 12.0 Å². The lowest BCUT2D eigenvalue weighted by Gasteiger charge is -2.33. The summed E-state index contributed by atoms with van der Waals surface area (Å²) in [6, 6.07) is -0.0490. The van der Waals surface area contributed by atoms with Crippen LogP contribution in [0.4, 0.5) is 4.79 Å². The molecule has 2 amide bonds.